The molecule has 2 aromatic rings. The minimum atomic E-state index is 0.0336. The van der Waals surface area contributed by atoms with E-state index in [1.54, 1.807) is 12.3 Å². The van der Waals surface area contributed by atoms with Crippen molar-refractivity contribution < 1.29 is 10.0 Å². The Morgan fingerprint density at radius 3 is 2.78 bits per heavy atom. The summed E-state index contributed by atoms with van der Waals surface area (Å²) in [5.41, 5.74) is 1.92. The van der Waals surface area contributed by atoms with Gasteiger partial charge in [0, 0.05) is 28.8 Å². The van der Waals surface area contributed by atoms with Gasteiger partial charge >= 0.3 is 0 Å². The van der Waals surface area contributed by atoms with Gasteiger partial charge in [0.1, 0.15) is 24.9 Å². The average Bonchev–Trinajstić information content (AvgIpc) is 2.98. The predicted molar refractivity (Wildman–Crippen MR) is 95.0 cm³/mol. The summed E-state index contributed by atoms with van der Waals surface area (Å²) in [6.07, 6.45) is 2.73. The average molecular weight is 350 g/mol. The van der Waals surface area contributed by atoms with E-state index in [9.17, 15) is 5.11 Å². The van der Waals surface area contributed by atoms with Gasteiger partial charge < -0.3 is 10.0 Å². The second-order valence-corrected chi connectivity index (χ2v) is 6.76. The quantitative estimate of drug-likeness (QED) is 0.818. The highest BCUT2D eigenvalue weighted by Crippen LogP contribution is 2.30. The summed E-state index contributed by atoms with van der Waals surface area (Å²) in [4.78, 5) is 6.14. The van der Waals surface area contributed by atoms with Crippen molar-refractivity contribution in [2.75, 3.05) is 13.1 Å². The molecule has 2 N–H and O–H groups in total. The van der Waals surface area contributed by atoms with Gasteiger partial charge in [-0.15, -0.1) is 0 Å². The Kier molecular flexibility index (Phi) is 5.21. The lowest BCUT2D eigenvalue weighted by Crippen LogP contribution is -3.09. The second kappa shape index (κ2) is 7.35. The van der Waals surface area contributed by atoms with Gasteiger partial charge in [0.25, 0.3) is 0 Å². The number of halogens is 2. The van der Waals surface area contributed by atoms with Gasteiger partial charge in [0.15, 0.2) is 0 Å². The first-order valence-electron chi connectivity index (χ1n) is 7.70. The molecule has 0 aliphatic carbocycles. The number of aromatic hydroxyl groups is 1. The molecule has 2 atom stereocenters. The maximum atomic E-state index is 9.96. The summed E-state index contributed by atoms with van der Waals surface area (Å²) in [7, 11) is 0. The number of nitrogens with one attached hydrogen (secondary N) is 1. The van der Waals surface area contributed by atoms with Gasteiger partial charge in [-0.05, 0) is 12.1 Å². The molecule has 120 valence electrons. The van der Waals surface area contributed by atoms with E-state index in [2.05, 4.69) is 29.3 Å². The number of hydrogen-bond donors (Lipinski definition) is 2. The highest BCUT2D eigenvalue weighted by atomic mass is 35.5. The molecular formula is C18H19Cl2N2O+. The number of benzene rings is 2. The first-order chi connectivity index (χ1) is 11.1. The van der Waals surface area contributed by atoms with Crippen LogP contribution in [0, 0.1) is 0 Å². The molecule has 1 unspecified atom stereocenters. The molecular weight excluding hydrogens is 331 g/mol. The van der Waals surface area contributed by atoms with Crippen LogP contribution in [-0.4, -0.2) is 30.5 Å². The van der Waals surface area contributed by atoms with Crippen LogP contribution in [0.25, 0.3) is 0 Å². The second-order valence-electron chi connectivity index (χ2n) is 5.91. The fourth-order valence-electron chi connectivity index (χ4n) is 2.95. The van der Waals surface area contributed by atoms with Crippen molar-refractivity contribution in [3.05, 3.63) is 63.6 Å². The van der Waals surface area contributed by atoms with Gasteiger partial charge in [-0.1, -0.05) is 53.5 Å². The number of nitrogens with zero attached hydrogens (tertiary/aromatic N) is 1. The molecule has 0 amide bonds. The van der Waals surface area contributed by atoms with E-state index in [0.29, 0.717) is 10.6 Å². The molecule has 2 aromatic carbocycles. The van der Waals surface area contributed by atoms with Crippen molar-refractivity contribution in [3.8, 4) is 5.75 Å². The predicted octanol–water partition coefficient (Wildman–Crippen LogP) is 2.98. The fourth-order valence-corrected chi connectivity index (χ4v) is 3.46. The van der Waals surface area contributed by atoms with Gasteiger partial charge in [0.2, 0.25) is 0 Å². The minimum absolute atomic E-state index is 0.0336. The summed E-state index contributed by atoms with van der Waals surface area (Å²) >= 11 is 11.9. The van der Waals surface area contributed by atoms with Crippen LogP contribution in [0.2, 0.25) is 10.0 Å². The fraction of sp³-hybridized carbons (Fsp3) is 0.278. The molecule has 3 rings (SSSR count). The maximum Gasteiger partial charge on any atom is 0.143 e. The Morgan fingerprint density at radius 1 is 1.22 bits per heavy atom. The molecule has 23 heavy (non-hydrogen) atoms. The summed E-state index contributed by atoms with van der Waals surface area (Å²) in [6.45, 7) is 3.14. The molecule has 1 saturated heterocycles. The highest BCUT2D eigenvalue weighted by Gasteiger charge is 2.25. The number of likely N-dealkylation sites (tertiary alicyclic amines) is 1. The minimum Gasteiger partial charge on any atom is -0.506 e. The third-order valence-electron chi connectivity index (χ3n) is 4.13. The zero-order chi connectivity index (χ0) is 16.2. The molecule has 3 nitrogen and oxygen atoms in total. The lowest BCUT2D eigenvalue weighted by molar-refractivity contribution is -0.901. The number of rotatable bonds is 4. The molecule has 1 heterocycles. The van der Waals surface area contributed by atoms with E-state index in [1.165, 1.54) is 16.5 Å². The molecule has 0 spiro atoms. The summed E-state index contributed by atoms with van der Waals surface area (Å²) in [5.74, 6) is 0.0336. The number of phenols is 1. The van der Waals surface area contributed by atoms with Crippen LogP contribution < -0.4 is 4.90 Å². The van der Waals surface area contributed by atoms with E-state index < -0.39 is 0 Å². The van der Waals surface area contributed by atoms with Crippen molar-refractivity contribution in [2.24, 2.45) is 4.99 Å². The summed E-state index contributed by atoms with van der Waals surface area (Å²) < 4.78 is 0. The lowest BCUT2D eigenvalue weighted by atomic mass is 10.2. The van der Waals surface area contributed by atoms with Crippen LogP contribution in [0.15, 0.2) is 47.5 Å². The maximum absolute atomic E-state index is 9.96. The van der Waals surface area contributed by atoms with Crippen LogP contribution in [-0.2, 0) is 6.54 Å². The van der Waals surface area contributed by atoms with Gasteiger partial charge in [-0.25, -0.2) is 0 Å². The third-order valence-corrected chi connectivity index (χ3v) is 4.64. The molecule has 5 heteroatoms. The third kappa shape index (κ3) is 4.25. The van der Waals surface area contributed by atoms with E-state index >= 15 is 0 Å². The van der Waals surface area contributed by atoms with E-state index in [-0.39, 0.29) is 16.8 Å². The molecule has 0 aromatic heterocycles. The van der Waals surface area contributed by atoms with Crippen molar-refractivity contribution in [3.63, 3.8) is 0 Å². The Hall–Kier alpha value is -1.55. The normalized spacial score (nSPS) is 21.1. The molecule has 1 aliphatic rings. The zero-order valence-corrected chi connectivity index (χ0v) is 14.2. The first kappa shape index (κ1) is 16.3. The van der Waals surface area contributed by atoms with Gasteiger partial charge in [-0.3, -0.25) is 4.99 Å². The zero-order valence-electron chi connectivity index (χ0n) is 12.7. The van der Waals surface area contributed by atoms with Crippen molar-refractivity contribution >= 4 is 29.4 Å². The molecule has 1 fully saturated rings. The largest absolute Gasteiger partial charge is 0.506 e. The molecule has 1 aliphatic heterocycles. The van der Waals surface area contributed by atoms with E-state index in [0.717, 1.165) is 26.1 Å². The van der Waals surface area contributed by atoms with Gasteiger partial charge in [-0.2, -0.15) is 0 Å². The Bertz CT molecular complexity index is 704. The Morgan fingerprint density at radius 2 is 2.00 bits per heavy atom. The number of quaternary nitrogens is 1. The van der Waals surface area contributed by atoms with Crippen LogP contribution in [0.3, 0.4) is 0 Å². The van der Waals surface area contributed by atoms with Crippen molar-refractivity contribution in [1.82, 2.24) is 0 Å². The van der Waals surface area contributed by atoms with Crippen molar-refractivity contribution in [1.29, 1.82) is 0 Å². The van der Waals surface area contributed by atoms with E-state index in [4.69, 9.17) is 23.2 Å². The van der Waals surface area contributed by atoms with E-state index in [1.807, 2.05) is 6.07 Å². The van der Waals surface area contributed by atoms with Crippen LogP contribution in [0.5, 0.6) is 5.75 Å². The van der Waals surface area contributed by atoms with Crippen LogP contribution in [0.1, 0.15) is 17.5 Å². The standard InChI is InChI=1S/C18H18Cl2N2O/c19-15-8-14(18(23)17(20)9-15)10-21-16-6-7-22(12-16)11-13-4-2-1-3-5-13/h1-5,8-10,16,23H,6-7,11-12H2/p+1/t16-/m0/s1. The first-order valence-corrected chi connectivity index (χ1v) is 8.46. The highest BCUT2D eigenvalue weighted by molar-refractivity contribution is 6.36. The summed E-state index contributed by atoms with van der Waals surface area (Å²) in [6, 6.07) is 14.0. The number of phenolic OH excluding ortho intramolecular Hbond substituents is 1. The van der Waals surface area contributed by atoms with Crippen LogP contribution in [0.4, 0.5) is 0 Å². The molecule has 0 saturated carbocycles. The SMILES string of the molecule is Oc1c(Cl)cc(Cl)cc1C=N[C@H]1CC[NH+](Cc2ccccc2)C1. The Balaban J connectivity index is 1.62. The smallest absolute Gasteiger partial charge is 0.143 e. The van der Waals surface area contributed by atoms with Gasteiger partial charge in [0.05, 0.1) is 11.6 Å². The van der Waals surface area contributed by atoms with Crippen molar-refractivity contribution in [2.45, 2.75) is 19.0 Å². The number of aliphatic imine (C=N–C) groups is 1. The molecule has 0 radical (unpaired) electrons. The topological polar surface area (TPSA) is 37.0 Å². The Labute approximate surface area is 146 Å². The molecule has 0 bridgehead atoms. The van der Waals surface area contributed by atoms with Crippen LogP contribution >= 0.6 is 23.2 Å². The lowest BCUT2D eigenvalue weighted by Gasteiger charge is -2.12. The number of hydrogen-bond acceptors (Lipinski definition) is 2. The monoisotopic (exact) mass is 349 g/mol. The summed E-state index contributed by atoms with van der Waals surface area (Å²) in [5, 5.41) is 10.7.